The van der Waals surface area contributed by atoms with Gasteiger partial charge in [0.2, 0.25) is 5.91 Å². The fourth-order valence-corrected chi connectivity index (χ4v) is 0.400. The molecule has 0 unspecified atom stereocenters. The average Bonchev–Trinajstić information content (AvgIpc) is 1.65. The van der Waals surface area contributed by atoms with E-state index in [1.165, 1.54) is 6.92 Å². The van der Waals surface area contributed by atoms with Crippen molar-refractivity contribution in [1.29, 1.82) is 0 Å². The number of amides is 1. The molecule has 0 saturated carbocycles. The van der Waals surface area contributed by atoms with E-state index in [0.29, 0.717) is 0 Å². The molecule has 0 aromatic rings. The van der Waals surface area contributed by atoms with E-state index in [9.17, 15) is 9.59 Å². The lowest BCUT2D eigenvalue weighted by Crippen LogP contribution is -2.14. The van der Waals surface area contributed by atoms with E-state index in [4.69, 9.17) is 0 Å². The molecule has 0 radical (unpaired) electrons. The molecule has 1 N–H and O–H groups in total. The molecule has 0 spiro atoms. The third-order valence-corrected chi connectivity index (χ3v) is 0.957. The second-order valence-electron chi connectivity index (χ2n) is 1.40. The molecule has 0 aromatic carbocycles. The van der Waals surface area contributed by atoms with Crippen LogP contribution >= 0.6 is 16.1 Å². The third-order valence-electron chi connectivity index (χ3n) is 0.515. The molecule has 46 valence electrons. The van der Waals surface area contributed by atoms with Crippen LogP contribution in [0.3, 0.4) is 0 Å². The molecule has 0 saturated heterocycles. The minimum atomic E-state index is -0.308. The summed E-state index contributed by atoms with van der Waals surface area (Å²) in [6.45, 7) is 1.36. The van der Waals surface area contributed by atoms with Crippen LogP contribution < -0.4 is 4.34 Å². The predicted octanol–water partition coefficient (Wildman–Crippen LogP) is 0.392. The Morgan fingerprint density at radius 2 is 2.12 bits per heavy atom. The lowest BCUT2D eigenvalue weighted by Gasteiger charge is -1.89. The van der Waals surface area contributed by atoms with Crippen LogP contribution in [0.25, 0.3) is 0 Å². The van der Waals surface area contributed by atoms with Crippen LogP contribution in [-0.4, -0.2) is 11.7 Å². The van der Waals surface area contributed by atoms with Gasteiger partial charge in [-0.05, 0) is 6.92 Å². The fraction of sp³-hybridized carbons (Fsp3) is 0.500. The maximum Gasteiger partial charge on any atom is 0.237 e. The van der Waals surface area contributed by atoms with Crippen molar-refractivity contribution in [1.82, 2.24) is 4.34 Å². The number of halogens is 1. The van der Waals surface area contributed by atoms with Crippen LogP contribution in [0.4, 0.5) is 0 Å². The highest BCUT2D eigenvalue weighted by molar-refractivity contribution is 9.08. The summed E-state index contributed by atoms with van der Waals surface area (Å²) in [5.41, 5.74) is 0. The van der Waals surface area contributed by atoms with Gasteiger partial charge in [-0.2, -0.15) is 0 Å². The van der Waals surface area contributed by atoms with Gasteiger partial charge in [0.25, 0.3) is 0 Å². The molecule has 1 amide bonds. The standard InChI is InChI=1S/C4H6BrNO2/c1-3(7)2-4(8)6-5/h2H2,1H3,(H,6,8). The number of hydrogen-bond donors (Lipinski definition) is 1. The molecule has 0 fully saturated rings. The van der Waals surface area contributed by atoms with Crippen LogP contribution in [0, 0.1) is 0 Å². The highest BCUT2D eigenvalue weighted by atomic mass is 79.9. The summed E-state index contributed by atoms with van der Waals surface area (Å²) in [7, 11) is 0. The summed E-state index contributed by atoms with van der Waals surface area (Å²) in [6.07, 6.45) is -0.0503. The predicted molar refractivity (Wildman–Crippen MR) is 32.4 cm³/mol. The molecule has 0 aliphatic carbocycles. The summed E-state index contributed by atoms with van der Waals surface area (Å²) in [5.74, 6) is -0.445. The van der Waals surface area contributed by atoms with Crippen molar-refractivity contribution in [3.8, 4) is 0 Å². The second-order valence-corrected chi connectivity index (χ2v) is 1.79. The molecule has 0 heterocycles. The quantitative estimate of drug-likeness (QED) is 0.493. The first-order valence-corrected chi connectivity index (χ1v) is 2.85. The van der Waals surface area contributed by atoms with Crippen molar-refractivity contribution in [3.63, 3.8) is 0 Å². The Morgan fingerprint density at radius 3 is 2.25 bits per heavy atom. The van der Waals surface area contributed by atoms with Gasteiger partial charge in [0, 0.05) is 16.1 Å². The van der Waals surface area contributed by atoms with Gasteiger partial charge < -0.3 is 0 Å². The van der Waals surface area contributed by atoms with Gasteiger partial charge in [-0.3, -0.25) is 13.9 Å². The number of carbonyl (C=O) groups is 2. The minimum absolute atomic E-state index is 0.0503. The summed E-state index contributed by atoms with van der Waals surface area (Å²) >= 11 is 2.69. The number of nitrogens with one attached hydrogen (secondary N) is 1. The van der Waals surface area contributed by atoms with Gasteiger partial charge in [-0.15, -0.1) is 0 Å². The Bertz CT molecular complexity index is 113. The first kappa shape index (κ1) is 7.62. The van der Waals surface area contributed by atoms with Gasteiger partial charge in [-0.1, -0.05) is 0 Å². The van der Waals surface area contributed by atoms with Crippen LogP contribution in [-0.2, 0) is 9.59 Å². The molecule has 0 aliphatic heterocycles. The number of carbonyl (C=O) groups excluding carboxylic acids is 2. The Morgan fingerprint density at radius 1 is 1.62 bits per heavy atom. The highest BCUT2D eigenvalue weighted by Gasteiger charge is 2.00. The van der Waals surface area contributed by atoms with E-state index in [-0.39, 0.29) is 18.1 Å². The zero-order valence-electron chi connectivity index (χ0n) is 4.40. The zero-order chi connectivity index (χ0) is 6.57. The highest BCUT2D eigenvalue weighted by Crippen LogP contribution is 1.82. The van der Waals surface area contributed by atoms with Gasteiger partial charge in [0.15, 0.2) is 0 Å². The topological polar surface area (TPSA) is 46.2 Å². The van der Waals surface area contributed by atoms with Crippen molar-refractivity contribution in [3.05, 3.63) is 0 Å². The minimum Gasteiger partial charge on any atom is -0.299 e. The Kier molecular flexibility index (Phi) is 3.43. The Balaban J connectivity index is 3.40. The summed E-state index contributed by atoms with van der Waals surface area (Å²) < 4.78 is 2.15. The molecular formula is C4H6BrNO2. The molecular weight excluding hydrogens is 174 g/mol. The Hall–Kier alpha value is -0.380. The van der Waals surface area contributed by atoms with E-state index >= 15 is 0 Å². The first-order valence-electron chi connectivity index (χ1n) is 2.05. The van der Waals surface area contributed by atoms with Gasteiger partial charge in [0.05, 0.1) is 6.42 Å². The molecule has 0 aliphatic rings. The average molecular weight is 180 g/mol. The Labute approximate surface area is 55.8 Å². The van der Waals surface area contributed by atoms with Crippen LogP contribution in [0.5, 0.6) is 0 Å². The first-order chi connectivity index (χ1) is 3.66. The smallest absolute Gasteiger partial charge is 0.237 e. The number of hydrogen-bond acceptors (Lipinski definition) is 2. The van der Waals surface area contributed by atoms with Crippen LogP contribution in [0.2, 0.25) is 0 Å². The lowest BCUT2D eigenvalue weighted by molar-refractivity contribution is -0.125. The second kappa shape index (κ2) is 3.60. The van der Waals surface area contributed by atoms with Crippen LogP contribution in [0.15, 0.2) is 0 Å². The van der Waals surface area contributed by atoms with E-state index in [1.54, 1.807) is 0 Å². The van der Waals surface area contributed by atoms with Crippen molar-refractivity contribution in [2.75, 3.05) is 0 Å². The molecule has 3 nitrogen and oxygen atoms in total. The van der Waals surface area contributed by atoms with Gasteiger partial charge >= 0.3 is 0 Å². The maximum atomic E-state index is 10.2. The monoisotopic (exact) mass is 179 g/mol. The SMILES string of the molecule is CC(=O)CC(=O)NBr. The molecule has 8 heavy (non-hydrogen) atoms. The molecule has 0 bridgehead atoms. The zero-order valence-corrected chi connectivity index (χ0v) is 5.99. The summed E-state index contributed by atoms with van der Waals surface area (Å²) in [6, 6.07) is 0. The van der Waals surface area contributed by atoms with Crippen LogP contribution in [0.1, 0.15) is 13.3 Å². The third kappa shape index (κ3) is 3.80. The molecule has 0 atom stereocenters. The summed E-state index contributed by atoms with van der Waals surface area (Å²) in [5, 5.41) is 0. The number of rotatable bonds is 2. The molecule has 4 heteroatoms. The lowest BCUT2D eigenvalue weighted by atomic mass is 10.3. The van der Waals surface area contributed by atoms with Crippen molar-refractivity contribution >= 4 is 27.8 Å². The molecule has 0 aromatic heterocycles. The maximum absolute atomic E-state index is 10.2. The van der Waals surface area contributed by atoms with Crippen molar-refractivity contribution < 1.29 is 9.59 Å². The van der Waals surface area contributed by atoms with Crippen molar-refractivity contribution in [2.24, 2.45) is 0 Å². The van der Waals surface area contributed by atoms with E-state index in [0.717, 1.165) is 0 Å². The normalized spacial score (nSPS) is 8.25. The van der Waals surface area contributed by atoms with E-state index < -0.39 is 0 Å². The van der Waals surface area contributed by atoms with Crippen molar-refractivity contribution in [2.45, 2.75) is 13.3 Å². The fourth-order valence-electron chi connectivity index (χ4n) is 0.260. The van der Waals surface area contributed by atoms with E-state index in [2.05, 4.69) is 20.5 Å². The largest absolute Gasteiger partial charge is 0.299 e. The van der Waals surface area contributed by atoms with Gasteiger partial charge in [0.1, 0.15) is 5.78 Å². The number of ketones is 1. The van der Waals surface area contributed by atoms with Gasteiger partial charge in [-0.25, -0.2) is 0 Å². The number of Topliss-reactive ketones (excluding diaryl/α,β-unsaturated/α-hetero) is 1. The molecule has 0 rings (SSSR count). The summed E-state index contributed by atoms with van der Waals surface area (Å²) in [4.78, 5) is 20.4. The van der Waals surface area contributed by atoms with E-state index in [1.807, 2.05) is 0 Å².